The Hall–Kier alpha value is -1.66. The summed E-state index contributed by atoms with van der Waals surface area (Å²) in [6.07, 6.45) is -0.202. The number of nitro groups is 1. The fraction of sp³-hybridized carbons (Fsp3) is 0.538. The van der Waals surface area contributed by atoms with Crippen LogP contribution >= 0.6 is 0 Å². The third kappa shape index (κ3) is 2.85. The van der Waals surface area contributed by atoms with Crippen molar-refractivity contribution in [1.29, 1.82) is 0 Å². The second kappa shape index (κ2) is 5.54. The van der Waals surface area contributed by atoms with Crippen molar-refractivity contribution in [1.82, 2.24) is 0 Å². The van der Waals surface area contributed by atoms with Gasteiger partial charge < -0.3 is 14.7 Å². The molecule has 0 aliphatic carbocycles. The molecule has 1 fully saturated rings. The quantitative estimate of drug-likeness (QED) is 0.662. The smallest absolute Gasteiger partial charge is 0.272 e. The Morgan fingerprint density at radius 2 is 2.32 bits per heavy atom. The Kier molecular flexibility index (Phi) is 4.01. The second-order valence-corrected chi connectivity index (χ2v) is 4.87. The second-order valence-electron chi connectivity index (χ2n) is 4.87. The van der Waals surface area contributed by atoms with Crippen LogP contribution in [0, 0.1) is 17.0 Å². The predicted molar refractivity (Wildman–Crippen MR) is 71.5 cm³/mol. The lowest BCUT2D eigenvalue weighted by Crippen LogP contribution is -2.49. The van der Waals surface area contributed by atoms with Gasteiger partial charge in [-0.2, -0.15) is 0 Å². The van der Waals surface area contributed by atoms with Crippen molar-refractivity contribution in [3.8, 4) is 0 Å². The van der Waals surface area contributed by atoms with Gasteiger partial charge in [0, 0.05) is 29.9 Å². The summed E-state index contributed by atoms with van der Waals surface area (Å²) in [4.78, 5) is 12.5. The number of morpholine rings is 1. The first-order valence-corrected chi connectivity index (χ1v) is 6.27. The number of hydrogen-bond acceptors (Lipinski definition) is 5. The molecule has 1 aliphatic rings. The lowest BCUT2D eigenvalue weighted by molar-refractivity contribution is -0.385. The van der Waals surface area contributed by atoms with Gasteiger partial charge in [-0.15, -0.1) is 0 Å². The van der Waals surface area contributed by atoms with Crippen molar-refractivity contribution in [2.45, 2.75) is 26.0 Å². The molecule has 0 bridgehead atoms. The lowest BCUT2D eigenvalue weighted by atomic mass is 10.1. The summed E-state index contributed by atoms with van der Waals surface area (Å²) < 4.78 is 5.48. The minimum absolute atomic E-state index is 0.0187. The molecule has 6 nitrogen and oxygen atoms in total. The van der Waals surface area contributed by atoms with E-state index in [1.54, 1.807) is 13.0 Å². The van der Waals surface area contributed by atoms with Crippen LogP contribution in [0.3, 0.4) is 0 Å². The van der Waals surface area contributed by atoms with E-state index in [9.17, 15) is 15.2 Å². The van der Waals surface area contributed by atoms with Gasteiger partial charge >= 0.3 is 0 Å². The molecule has 19 heavy (non-hydrogen) atoms. The monoisotopic (exact) mass is 266 g/mol. The molecule has 2 atom stereocenters. The Labute approximate surface area is 111 Å². The standard InChI is InChI=1S/C13H18N2O4/c1-9-5-11(3-4-13(9)15(17)18)14-6-12(7-16)19-8-10(14)2/h3-5,10,12,16H,6-8H2,1-2H3/t10-,12-/m1/s1. The minimum atomic E-state index is -0.377. The average molecular weight is 266 g/mol. The first-order chi connectivity index (χ1) is 9.02. The van der Waals surface area contributed by atoms with Gasteiger partial charge in [0.25, 0.3) is 5.69 Å². The number of rotatable bonds is 3. The maximum absolute atomic E-state index is 10.8. The summed E-state index contributed by atoms with van der Waals surface area (Å²) in [5.41, 5.74) is 1.70. The average Bonchev–Trinajstić information content (AvgIpc) is 2.38. The van der Waals surface area contributed by atoms with E-state index in [-0.39, 0.29) is 29.4 Å². The van der Waals surface area contributed by atoms with Crippen LogP contribution < -0.4 is 4.90 Å². The highest BCUT2D eigenvalue weighted by Gasteiger charge is 2.26. The molecule has 0 spiro atoms. The number of anilines is 1. The molecular formula is C13H18N2O4. The van der Waals surface area contributed by atoms with Crippen LogP contribution in [0.2, 0.25) is 0 Å². The van der Waals surface area contributed by atoms with E-state index >= 15 is 0 Å². The number of aliphatic hydroxyl groups is 1. The molecule has 1 aromatic carbocycles. The lowest BCUT2D eigenvalue weighted by Gasteiger charge is -2.39. The number of nitro benzene ring substituents is 1. The largest absolute Gasteiger partial charge is 0.394 e. The first kappa shape index (κ1) is 13.8. The Balaban J connectivity index is 2.25. The topological polar surface area (TPSA) is 75.8 Å². The Morgan fingerprint density at radius 1 is 1.58 bits per heavy atom. The third-order valence-electron chi connectivity index (χ3n) is 3.42. The van der Waals surface area contributed by atoms with Crippen molar-refractivity contribution < 1.29 is 14.8 Å². The summed E-state index contributed by atoms with van der Waals surface area (Å²) in [5, 5.41) is 20.0. The van der Waals surface area contributed by atoms with Crippen molar-refractivity contribution in [2.75, 3.05) is 24.7 Å². The molecular weight excluding hydrogens is 248 g/mol. The van der Waals surface area contributed by atoms with Crippen molar-refractivity contribution in [2.24, 2.45) is 0 Å². The summed E-state index contributed by atoms with van der Waals surface area (Å²) in [5.74, 6) is 0. The highest BCUT2D eigenvalue weighted by Crippen LogP contribution is 2.27. The van der Waals surface area contributed by atoms with Crippen molar-refractivity contribution in [3.05, 3.63) is 33.9 Å². The van der Waals surface area contributed by atoms with Gasteiger partial charge in [-0.25, -0.2) is 0 Å². The van der Waals surface area contributed by atoms with Crippen LogP contribution in [0.15, 0.2) is 18.2 Å². The molecule has 6 heteroatoms. The van der Waals surface area contributed by atoms with E-state index in [2.05, 4.69) is 4.90 Å². The minimum Gasteiger partial charge on any atom is -0.394 e. The molecule has 104 valence electrons. The molecule has 0 unspecified atom stereocenters. The van der Waals surface area contributed by atoms with Crippen LogP contribution in [0.5, 0.6) is 0 Å². The van der Waals surface area contributed by atoms with E-state index in [1.807, 2.05) is 13.0 Å². The normalized spacial score (nSPS) is 23.4. The predicted octanol–water partition coefficient (Wildman–Crippen LogP) is 1.49. The molecule has 1 aliphatic heterocycles. The van der Waals surface area contributed by atoms with Crippen LogP contribution in [-0.2, 0) is 4.74 Å². The summed E-state index contributed by atoms with van der Waals surface area (Å²) in [6.45, 7) is 4.88. The number of aliphatic hydroxyl groups excluding tert-OH is 1. The molecule has 1 heterocycles. The van der Waals surface area contributed by atoms with Crippen LogP contribution in [0.25, 0.3) is 0 Å². The van der Waals surface area contributed by atoms with E-state index in [0.29, 0.717) is 18.7 Å². The molecule has 0 radical (unpaired) electrons. The van der Waals surface area contributed by atoms with Gasteiger partial charge in [0.05, 0.1) is 24.2 Å². The molecule has 2 rings (SSSR count). The van der Waals surface area contributed by atoms with E-state index in [4.69, 9.17) is 4.74 Å². The molecule has 0 aromatic heterocycles. The van der Waals surface area contributed by atoms with Crippen LogP contribution in [0.1, 0.15) is 12.5 Å². The Morgan fingerprint density at radius 3 is 2.89 bits per heavy atom. The maximum Gasteiger partial charge on any atom is 0.272 e. The van der Waals surface area contributed by atoms with Gasteiger partial charge in [0.2, 0.25) is 0 Å². The van der Waals surface area contributed by atoms with E-state index < -0.39 is 0 Å². The van der Waals surface area contributed by atoms with Gasteiger partial charge in [0.1, 0.15) is 0 Å². The first-order valence-electron chi connectivity index (χ1n) is 6.27. The fourth-order valence-electron chi connectivity index (χ4n) is 2.31. The number of nitrogens with zero attached hydrogens (tertiary/aromatic N) is 2. The van der Waals surface area contributed by atoms with E-state index in [0.717, 1.165) is 5.69 Å². The number of benzene rings is 1. The molecule has 0 saturated carbocycles. The van der Waals surface area contributed by atoms with Crippen molar-refractivity contribution >= 4 is 11.4 Å². The SMILES string of the molecule is Cc1cc(N2C[C@H](CO)OC[C@H]2C)ccc1[N+](=O)[O-]. The van der Waals surface area contributed by atoms with Crippen molar-refractivity contribution in [3.63, 3.8) is 0 Å². The van der Waals surface area contributed by atoms with Crippen LogP contribution in [-0.4, -0.2) is 41.9 Å². The van der Waals surface area contributed by atoms with Gasteiger partial charge in [-0.3, -0.25) is 10.1 Å². The number of aryl methyl sites for hydroxylation is 1. The highest BCUT2D eigenvalue weighted by atomic mass is 16.6. The summed E-state index contributed by atoms with van der Waals surface area (Å²) in [7, 11) is 0. The highest BCUT2D eigenvalue weighted by molar-refractivity contribution is 5.56. The number of ether oxygens (including phenoxy) is 1. The molecule has 0 amide bonds. The fourth-order valence-corrected chi connectivity index (χ4v) is 2.31. The zero-order valence-corrected chi connectivity index (χ0v) is 11.1. The van der Waals surface area contributed by atoms with Gasteiger partial charge in [-0.1, -0.05) is 0 Å². The summed E-state index contributed by atoms with van der Waals surface area (Å²) >= 11 is 0. The molecule has 1 N–H and O–H groups in total. The Bertz CT molecular complexity index is 478. The van der Waals surface area contributed by atoms with E-state index in [1.165, 1.54) is 6.07 Å². The zero-order valence-electron chi connectivity index (χ0n) is 11.1. The number of hydrogen-bond donors (Lipinski definition) is 1. The van der Waals surface area contributed by atoms with Gasteiger partial charge in [-0.05, 0) is 26.0 Å². The summed E-state index contributed by atoms with van der Waals surface area (Å²) in [6, 6.07) is 5.28. The van der Waals surface area contributed by atoms with Crippen LogP contribution in [0.4, 0.5) is 11.4 Å². The third-order valence-corrected chi connectivity index (χ3v) is 3.42. The van der Waals surface area contributed by atoms with Gasteiger partial charge in [0.15, 0.2) is 0 Å². The molecule has 1 saturated heterocycles. The zero-order chi connectivity index (χ0) is 14.0. The molecule has 1 aromatic rings. The maximum atomic E-state index is 10.8.